The van der Waals surface area contributed by atoms with Gasteiger partial charge < -0.3 is 15.7 Å². The monoisotopic (exact) mass is 181 g/mol. The van der Waals surface area contributed by atoms with Crippen molar-refractivity contribution < 1.29 is 9.90 Å². The van der Waals surface area contributed by atoms with E-state index < -0.39 is 5.97 Å². The Bertz CT molecular complexity index is 336. The molecule has 0 amide bonds. The van der Waals surface area contributed by atoms with Gasteiger partial charge in [0.25, 0.3) is 0 Å². The molecular formula is C8H11N3O2. The fraction of sp³-hybridized carbons (Fsp3) is 0.250. The predicted octanol–water partition coefficient (Wildman–Crippen LogP) is 0.428. The summed E-state index contributed by atoms with van der Waals surface area (Å²) in [4.78, 5) is 16.3. The van der Waals surface area contributed by atoms with Gasteiger partial charge in [0.05, 0.1) is 5.69 Å². The molecule has 0 aliphatic rings. The van der Waals surface area contributed by atoms with Crippen LogP contribution in [-0.2, 0) is 0 Å². The number of aromatic nitrogens is 1. The van der Waals surface area contributed by atoms with Gasteiger partial charge in [-0.05, 0) is 6.07 Å². The van der Waals surface area contributed by atoms with E-state index in [-0.39, 0.29) is 11.3 Å². The van der Waals surface area contributed by atoms with Crippen LogP contribution in [0.3, 0.4) is 0 Å². The lowest BCUT2D eigenvalue weighted by molar-refractivity contribution is 0.0698. The second kappa shape index (κ2) is 3.30. The van der Waals surface area contributed by atoms with Crippen LogP contribution in [0.15, 0.2) is 12.3 Å². The molecule has 1 aromatic heterocycles. The van der Waals surface area contributed by atoms with E-state index in [1.54, 1.807) is 19.0 Å². The maximum absolute atomic E-state index is 10.8. The molecule has 0 spiro atoms. The van der Waals surface area contributed by atoms with Gasteiger partial charge in [0, 0.05) is 20.3 Å². The molecule has 0 radical (unpaired) electrons. The minimum atomic E-state index is -1.06. The first-order chi connectivity index (χ1) is 6.04. The smallest absolute Gasteiger partial charge is 0.341 e. The molecule has 0 bridgehead atoms. The largest absolute Gasteiger partial charge is 0.477 e. The quantitative estimate of drug-likeness (QED) is 0.691. The molecule has 0 aromatic carbocycles. The normalized spacial score (nSPS) is 9.69. The molecule has 0 atom stereocenters. The van der Waals surface area contributed by atoms with Crippen LogP contribution in [0, 0.1) is 0 Å². The number of carboxylic acid groups (broad SMARTS) is 1. The first kappa shape index (κ1) is 9.31. The molecule has 1 rings (SSSR count). The molecule has 0 fully saturated rings. The zero-order chi connectivity index (χ0) is 10.0. The van der Waals surface area contributed by atoms with Crippen LogP contribution in [-0.4, -0.2) is 30.2 Å². The Morgan fingerprint density at radius 3 is 2.62 bits per heavy atom. The summed E-state index contributed by atoms with van der Waals surface area (Å²) in [5.41, 5.74) is 5.79. The van der Waals surface area contributed by atoms with Crippen molar-refractivity contribution in [2.45, 2.75) is 0 Å². The van der Waals surface area contributed by atoms with Crippen molar-refractivity contribution in [2.75, 3.05) is 24.7 Å². The van der Waals surface area contributed by atoms with E-state index in [4.69, 9.17) is 10.8 Å². The molecule has 1 aromatic rings. The summed E-state index contributed by atoms with van der Waals surface area (Å²) in [7, 11) is 3.43. The van der Waals surface area contributed by atoms with Crippen LogP contribution < -0.4 is 10.6 Å². The topological polar surface area (TPSA) is 79.5 Å². The standard InChI is InChI=1S/C8H11N3O2/c1-11(2)7-6(8(12)13)5(9)3-4-10-7/h3-4H,1-2H3,(H2,9,10)(H,12,13). The zero-order valence-electron chi connectivity index (χ0n) is 7.48. The highest BCUT2D eigenvalue weighted by atomic mass is 16.4. The molecule has 3 N–H and O–H groups in total. The number of pyridine rings is 1. The summed E-state index contributed by atoms with van der Waals surface area (Å²) in [5, 5.41) is 8.85. The number of nitrogen functional groups attached to an aromatic ring is 1. The number of carboxylic acids is 1. The summed E-state index contributed by atoms with van der Waals surface area (Å²) in [5.74, 6) is -0.693. The third-order valence-electron chi connectivity index (χ3n) is 1.60. The van der Waals surface area contributed by atoms with Gasteiger partial charge in [-0.1, -0.05) is 0 Å². The van der Waals surface area contributed by atoms with E-state index in [0.29, 0.717) is 5.82 Å². The van der Waals surface area contributed by atoms with E-state index in [0.717, 1.165) is 0 Å². The van der Waals surface area contributed by atoms with E-state index in [9.17, 15) is 4.79 Å². The molecule has 13 heavy (non-hydrogen) atoms. The van der Waals surface area contributed by atoms with Crippen molar-refractivity contribution in [1.29, 1.82) is 0 Å². The average Bonchev–Trinajstić information content (AvgIpc) is 2.02. The SMILES string of the molecule is CN(C)c1nccc(N)c1C(=O)O. The lowest BCUT2D eigenvalue weighted by Gasteiger charge is -2.14. The van der Waals surface area contributed by atoms with E-state index in [2.05, 4.69) is 4.98 Å². The number of nitrogens with two attached hydrogens (primary N) is 1. The second-order valence-corrected chi connectivity index (χ2v) is 2.80. The van der Waals surface area contributed by atoms with Gasteiger partial charge in [0.2, 0.25) is 0 Å². The van der Waals surface area contributed by atoms with Crippen LogP contribution in [0.1, 0.15) is 10.4 Å². The second-order valence-electron chi connectivity index (χ2n) is 2.80. The molecule has 0 saturated carbocycles. The Kier molecular flexibility index (Phi) is 2.36. The zero-order valence-corrected chi connectivity index (χ0v) is 7.48. The van der Waals surface area contributed by atoms with Crippen molar-refractivity contribution >= 4 is 17.5 Å². The number of aromatic carboxylic acids is 1. The number of hydrogen-bond acceptors (Lipinski definition) is 4. The van der Waals surface area contributed by atoms with E-state index in [1.807, 2.05) is 0 Å². The summed E-state index contributed by atoms with van der Waals surface area (Å²) < 4.78 is 0. The summed E-state index contributed by atoms with van der Waals surface area (Å²) in [6.45, 7) is 0. The van der Waals surface area contributed by atoms with Gasteiger partial charge in [-0.2, -0.15) is 0 Å². The van der Waals surface area contributed by atoms with Crippen molar-refractivity contribution in [3.05, 3.63) is 17.8 Å². The van der Waals surface area contributed by atoms with Crippen molar-refractivity contribution in [1.82, 2.24) is 4.98 Å². The summed E-state index contributed by atoms with van der Waals surface area (Å²) in [6, 6.07) is 1.47. The highest BCUT2D eigenvalue weighted by Gasteiger charge is 2.15. The van der Waals surface area contributed by atoms with Gasteiger partial charge in [-0.3, -0.25) is 0 Å². The highest BCUT2D eigenvalue weighted by molar-refractivity contribution is 5.98. The minimum Gasteiger partial charge on any atom is -0.477 e. The Balaban J connectivity index is 3.34. The minimum absolute atomic E-state index is 0.0486. The third kappa shape index (κ3) is 1.69. The first-order valence-electron chi connectivity index (χ1n) is 3.69. The summed E-state index contributed by atoms with van der Waals surface area (Å²) in [6.07, 6.45) is 1.48. The molecule has 0 unspecified atom stereocenters. The molecule has 1 heterocycles. The van der Waals surface area contributed by atoms with Crippen molar-refractivity contribution in [2.24, 2.45) is 0 Å². The molecule has 0 aliphatic carbocycles. The summed E-state index contributed by atoms with van der Waals surface area (Å²) >= 11 is 0. The average molecular weight is 181 g/mol. The van der Waals surface area contributed by atoms with Crippen LogP contribution in [0.25, 0.3) is 0 Å². The predicted molar refractivity (Wildman–Crippen MR) is 49.9 cm³/mol. The van der Waals surface area contributed by atoms with Crippen molar-refractivity contribution in [3.63, 3.8) is 0 Å². The molecule has 0 saturated heterocycles. The van der Waals surface area contributed by atoms with Crippen LogP contribution in [0.2, 0.25) is 0 Å². The fourth-order valence-electron chi connectivity index (χ4n) is 1.02. The first-order valence-corrected chi connectivity index (χ1v) is 3.69. The number of rotatable bonds is 2. The number of nitrogens with zero attached hydrogens (tertiary/aromatic N) is 2. The van der Waals surface area contributed by atoms with Gasteiger partial charge in [0.15, 0.2) is 0 Å². The molecule has 70 valence electrons. The van der Waals surface area contributed by atoms with Gasteiger partial charge in [-0.15, -0.1) is 0 Å². The Labute approximate surface area is 75.8 Å². The molecule has 0 aliphatic heterocycles. The highest BCUT2D eigenvalue weighted by Crippen LogP contribution is 2.20. The fourth-order valence-corrected chi connectivity index (χ4v) is 1.02. The van der Waals surface area contributed by atoms with Crippen LogP contribution >= 0.6 is 0 Å². The number of hydrogen-bond donors (Lipinski definition) is 2. The van der Waals surface area contributed by atoms with Gasteiger partial charge in [-0.25, -0.2) is 9.78 Å². The lowest BCUT2D eigenvalue weighted by atomic mass is 10.2. The Morgan fingerprint density at radius 2 is 2.23 bits per heavy atom. The van der Waals surface area contributed by atoms with E-state index in [1.165, 1.54) is 12.3 Å². The maximum atomic E-state index is 10.8. The van der Waals surface area contributed by atoms with Gasteiger partial charge >= 0.3 is 5.97 Å². The molecular weight excluding hydrogens is 170 g/mol. The molecule has 5 heteroatoms. The Morgan fingerprint density at radius 1 is 1.62 bits per heavy atom. The van der Waals surface area contributed by atoms with Crippen LogP contribution in [0.5, 0.6) is 0 Å². The van der Waals surface area contributed by atoms with Gasteiger partial charge in [0.1, 0.15) is 11.4 Å². The van der Waals surface area contributed by atoms with Crippen molar-refractivity contribution in [3.8, 4) is 0 Å². The van der Waals surface area contributed by atoms with E-state index >= 15 is 0 Å². The number of anilines is 2. The lowest BCUT2D eigenvalue weighted by Crippen LogP contribution is -2.17. The third-order valence-corrected chi connectivity index (χ3v) is 1.60. The maximum Gasteiger partial charge on any atom is 0.341 e. The van der Waals surface area contributed by atoms with Crippen LogP contribution in [0.4, 0.5) is 11.5 Å². The molecule has 5 nitrogen and oxygen atoms in total. The Hall–Kier alpha value is -1.78. The number of carbonyl (C=O) groups is 1.